The van der Waals surface area contributed by atoms with Crippen LogP contribution in [0.3, 0.4) is 0 Å². The third-order valence-electron chi connectivity index (χ3n) is 3.38. The van der Waals surface area contributed by atoms with Crippen LogP contribution in [0.5, 0.6) is 5.75 Å². The van der Waals surface area contributed by atoms with E-state index in [0.717, 1.165) is 11.4 Å². The lowest BCUT2D eigenvalue weighted by Crippen LogP contribution is -2.48. The van der Waals surface area contributed by atoms with Crippen molar-refractivity contribution in [1.82, 2.24) is 0 Å². The highest BCUT2D eigenvalue weighted by Crippen LogP contribution is 2.31. The molecule has 112 valence electrons. The fourth-order valence-electron chi connectivity index (χ4n) is 2.26. The lowest BCUT2D eigenvalue weighted by Gasteiger charge is -2.36. The number of anilines is 2. The number of methoxy groups -OCH3 is 1. The number of nitrogen functional groups attached to an aromatic ring is 1. The standard InChI is InChI=1S/C13H20N2O3S2/c1-3-20(16,17)13-9-19-5-4-15(13)11-6-10(14)7-12(8-11)18-2/h6-8,13H,3-5,9,14H2,1-2H3. The maximum absolute atomic E-state index is 12.3. The van der Waals surface area contributed by atoms with Crippen LogP contribution in [0.25, 0.3) is 0 Å². The largest absolute Gasteiger partial charge is 0.497 e. The molecule has 1 saturated heterocycles. The molecule has 1 aliphatic heterocycles. The number of rotatable bonds is 4. The normalized spacial score (nSPS) is 19.9. The third kappa shape index (κ3) is 3.15. The molecule has 2 N–H and O–H groups in total. The maximum atomic E-state index is 12.3. The Bertz CT molecular complexity index is 575. The summed E-state index contributed by atoms with van der Waals surface area (Å²) in [5, 5.41) is -0.488. The molecule has 0 aliphatic carbocycles. The van der Waals surface area contributed by atoms with E-state index < -0.39 is 15.2 Å². The van der Waals surface area contributed by atoms with E-state index in [0.29, 0.717) is 23.7 Å². The first-order chi connectivity index (χ1) is 9.47. The maximum Gasteiger partial charge on any atom is 0.171 e. The Kier molecular flexibility index (Phi) is 4.70. The summed E-state index contributed by atoms with van der Waals surface area (Å²) >= 11 is 1.67. The smallest absolute Gasteiger partial charge is 0.171 e. The number of benzene rings is 1. The van der Waals surface area contributed by atoms with E-state index >= 15 is 0 Å². The lowest BCUT2D eigenvalue weighted by atomic mass is 10.2. The third-order valence-corrected chi connectivity index (χ3v) is 6.67. The zero-order valence-corrected chi connectivity index (χ0v) is 13.3. The molecule has 1 atom stereocenters. The number of sulfone groups is 1. The molecule has 1 aromatic rings. The van der Waals surface area contributed by atoms with Crippen molar-refractivity contribution in [3.63, 3.8) is 0 Å². The molecule has 1 aliphatic rings. The SMILES string of the molecule is CCS(=O)(=O)C1CSCCN1c1cc(N)cc(OC)c1. The van der Waals surface area contributed by atoms with Gasteiger partial charge < -0.3 is 15.4 Å². The lowest BCUT2D eigenvalue weighted by molar-refractivity contribution is 0.415. The van der Waals surface area contributed by atoms with Crippen molar-refractivity contribution in [2.24, 2.45) is 0 Å². The van der Waals surface area contributed by atoms with Gasteiger partial charge in [0.25, 0.3) is 0 Å². The van der Waals surface area contributed by atoms with E-state index in [2.05, 4.69) is 0 Å². The number of nitrogens with two attached hydrogens (primary N) is 1. The second-order valence-corrected chi connectivity index (χ2v) is 8.24. The van der Waals surface area contributed by atoms with Gasteiger partial charge in [-0.15, -0.1) is 0 Å². The molecule has 0 amide bonds. The summed E-state index contributed by atoms with van der Waals surface area (Å²) in [6.45, 7) is 2.38. The second-order valence-electron chi connectivity index (χ2n) is 4.64. The average molecular weight is 316 g/mol. The number of hydrogen-bond donors (Lipinski definition) is 1. The zero-order chi connectivity index (χ0) is 14.8. The van der Waals surface area contributed by atoms with Crippen LogP contribution < -0.4 is 15.4 Å². The summed E-state index contributed by atoms with van der Waals surface area (Å²) in [6, 6.07) is 5.37. The minimum Gasteiger partial charge on any atom is -0.497 e. The Balaban J connectivity index is 2.40. The quantitative estimate of drug-likeness (QED) is 0.851. The number of thioether (sulfide) groups is 1. The fraction of sp³-hybridized carbons (Fsp3) is 0.538. The van der Waals surface area contributed by atoms with Crippen molar-refractivity contribution in [1.29, 1.82) is 0 Å². The molecular formula is C13H20N2O3S2. The highest BCUT2D eigenvalue weighted by molar-refractivity contribution is 8.01. The van der Waals surface area contributed by atoms with Crippen molar-refractivity contribution >= 4 is 33.0 Å². The van der Waals surface area contributed by atoms with Crippen molar-refractivity contribution in [3.05, 3.63) is 18.2 Å². The van der Waals surface area contributed by atoms with E-state index in [4.69, 9.17) is 10.5 Å². The summed E-state index contributed by atoms with van der Waals surface area (Å²) in [5.41, 5.74) is 7.25. The zero-order valence-electron chi connectivity index (χ0n) is 11.7. The van der Waals surface area contributed by atoms with Crippen molar-refractivity contribution in [2.45, 2.75) is 12.3 Å². The molecule has 20 heavy (non-hydrogen) atoms. The van der Waals surface area contributed by atoms with Crippen LogP contribution >= 0.6 is 11.8 Å². The Morgan fingerprint density at radius 2 is 2.20 bits per heavy atom. The monoisotopic (exact) mass is 316 g/mol. The van der Waals surface area contributed by atoms with Gasteiger partial charge >= 0.3 is 0 Å². The number of nitrogens with zero attached hydrogens (tertiary/aromatic N) is 1. The van der Waals surface area contributed by atoms with Crippen molar-refractivity contribution < 1.29 is 13.2 Å². The van der Waals surface area contributed by atoms with Gasteiger partial charge in [-0.05, 0) is 6.07 Å². The molecule has 1 fully saturated rings. The first-order valence-electron chi connectivity index (χ1n) is 6.48. The molecule has 1 unspecified atom stereocenters. The van der Waals surface area contributed by atoms with Crippen molar-refractivity contribution in [2.75, 3.05) is 41.5 Å². The molecule has 7 heteroatoms. The summed E-state index contributed by atoms with van der Waals surface area (Å²) in [6.07, 6.45) is 0. The summed E-state index contributed by atoms with van der Waals surface area (Å²) in [7, 11) is -1.55. The van der Waals surface area contributed by atoms with Gasteiger partial charge in [0.15, 0.2) is 9.84 Å². The van der Waals surface area contributed by atoms with E-state index in [9.17, 15) is 8.42 Å². The highest BCUT2D eigenvalue weighted by Gasteiger charge is 2.33. The van der Waals surface area contributed by atoms with Crippen LogP contribution in [0, 0.1) is 0 Å². The molecule has 0 spiro atoms. The molecule has 5 nitrogen and oxygen atoms in total. The molecular weight excluding hydrogens is 296 g/mol. The van der Waals surface area contributed by atoms with Gasteiger partial charge in [0.05, 0.1) is 7.11 Å². The molecule has 0 radical (unpaired) electrons. The number of ether oxygens (including phenoxy) is 1. The van der Waals surface area contributed by atoms with Crippen LogP contribution in [-0.4, -0.2) is 44.7 Å². The van der Waals surface area contributed by atoms with Crippen LogP contribution in [0.1, 0.15) is 6.92 Å². The highest BCUT2D eigenvalue weighted by atomic mass is 32.2. The first kappa shape index (κ1) is 15.3. The Labute approximate surface area is 124 Å². The van der Waals surface area contributed by atoms with Crippen molar-refractivity contribution in [3.8, 4) is 5.75 Å². The summed E-state index contributed by atoms with van der Waals surface area (Å²) in [4.78, 5) is 1.92. The van der Waals surface area contributed by atoms with Gasteiger partial charge in [-0.3, -0.25) is 0 Å². The van der Waals surface area contributed by atoms with E-state index in [1.807, 2.05) is 11.0 Å². The van der Waals surface area contributed by atoms with Gasteiger partial charge in [0.1, 0.15) is 11.1 Å². The minimum atomic E-state index is -3.13. The van der Waals surface area contributed by atoms with E-state index in [1.54, 1.807) is 37.9 Å². The average Bonchev–Trinajstić information content (AvgIpc) is 2.46. The van der Waals surface area contributed by atoms with Gasteiger partial charge in [0.2, 0.25) is 0 Å². The topological polar surface area (TPSA) is 72.6 Å². The van der Waals surface area contributed by atoms with Gasteiger partial charge in [-0.2, -0.15) is 11.8 Å². The molecule has 1 heterocycles. The second kappa shape index (κ2) is 6.13. The molecule has 1 aromatic carbocycles. The van der Waals surface area contributed by atoms with E-state index in [-0.39, 0.29) is 5.75 Å². The van der Waals surface area contributed by atoms with Gasteiger partial charge in [-0.1, -0.05) is 6.92 Å². The first-order valence-corrected chi connectivity index (χ1v) is 9.35. The molecule has 0 aromatic heterocycles. The van der Waals surface area contributed by atoms with E-state index in [1.165, 1.54) is 0 Å². The minimum absolute atomic E-state index is 0.147. The molecule has 0 bridgehead atoms. The summed E-state index contributed by atoms with van der Waals surface area (Å²) in [5.74, 6) is 2.29. The summed E-state index contributed by atoms with van der Waals surface area (Å²) < 4.78 is 29.7. The fourth-order valence-corrected chi connectivity index (χ4v) is 5.25. The predicted molar refractivity (Wildman–Crippen MR) is 85.3 cm³/mol. The van der Waals surface area contributed by atoms with Crippen LogP contribution in [-0.2, 0) is 9.84 Å². The van der Waals surface area contributed by atoms with Gasteiger partial charge in [0, 0.05) is 47.3 Å². The Morgan fingerprint density at radius 3 is 2.85 bits per heavy atom. The van der Waals surface area contributed by atoms with Crippen LogP contribution in [0.4, 0.5) is 11.4 Å². The van der Waals surface area contributed by atoms with Crippen LogP contribution in [0.15, 0.2) is 18.2 Å². The predicted octanol–water partition coefficient (Wildman–Crippen LogP) is 1.59. The molecule has 0 saturated carbocycles. The number of hydrogen-bond acceptors (Lipinski definition) is 6. The Morgan fingerprint density at radius 1 is 1.45 bits per heavy atom. The Hall–Kier alpha value is -1.08. The molecule has 2 rings (SSSR count). The van der Waals surface area contributed by atoms with Gasteiger partial charge in [-0.25, -0.2) is 8.42 Å². The van der Waals surface area contributed by atoms with Crippen LogP contribution in [0.2, 0.25) is 0 Å².